The molecule has 2 aromatic heterocycles. The number of nitrogens with one attached hydrogen (secondary N) is 1. The molecule has 5 nitrogen and oxygen atoms in total. The first-order valence-corrected chi connectivity index (χ1v) is 7.80. The quantitative estimate of drug-likeness (QED) is 0.940. The van der Waals surface area contributed by atoms with Gasteiger partial charge in [0.1, 0.15) is 5.69 Å². The highest BCUT2D eigenvalue weighted by atomic mass is 35.5. The van der Waals surface area contributed by atoms with Gasteiger partial charge >= 0.3 is 0 Å². The van der Waals surface area contributed by atoms with Gasteiger partial charge in [-0.05, 0) is 58.2 Å². The molecule has 3 rings (SSSR count). The fourth-order valence-corrected chi connectivity index (χ4v) is 3.00. The first-order valence-electron chi connectivity index (χ1n) is 7.80. The molecule has 6 heteroatoms. The van der Waals surface area contributed by atoms with Crippen molar-refractivity contribution in [3.8, 4) is 11.4 Å². The van der Waals surface area contributed by atoms with Crippen LogP contribution in [0.1, 0.15) is 38.4 Å². The van der Waals surface area contributed by atoms with E-state index in [1.165, 1.54) is 12.8 Å². The minimum absolute atomic E-state index is 0. The van der Waals surface area contributed by atoms with Gasteiger partial charge in [0.15, 0.2) is 0 Å². The van der Waals surface area contributed by atoms with Crippen LogP contribution in [0.3, 0.4) is 0 Å². The lowest BCUT2D eigenvalue weighted by Gasteiger charge is -2.23. The molecule has 1 saturated heterocycles. The summed E-state index contributed by atoms with van der Waals surface area (Å²) in [6.07, 6.45) is 8.88. The molecule has 1 fully saturated rings. The molecule has 0 unspecified atom stereocenters. The van der Waals surface area contributed by atoms with Crippen molar-refractivity contribution < 1.29 is 0 Å². The molecule has 0 radical (unpaired) electrons. The summed E-state index contributed by atoms with van der Waals surface area (Å²) in [6.45, 7) is 6.51. The predicted molar refractivity (Wildman–Crippen MR) is 90.2 cm³/mol. The van der Waals surface area contributed by atoms with E-state index in [4.69, 9.17) is 0 Å². The van der Waals surface area contributed by atoms with Crippen LogP contribution in [0.2, 0.25) is 0 Å². The second kappa shape index (κ2) is 7.70. The van der Waals surface area contributed by atoms with E-state index in [0.717, 1.165) is 36.6 Å². The number of hydrogen-bond acceptors (Lipinski definition) is 4. The monoisotopic (exact) mass is 321 g/mol. The molecular weight excluding hydrogens is 298 g/mol. The van der Waals surface area contributed by atoms with Crippen LogP contribution in [0.4, 0.5) is 0 Å². The van der Waals surface area contributed by atoms with Crippen molar-refractivity contribution in [2.45, 2.75) is 39.2 Å². The molecule has 120 valence electrons. The van der Waals surface area contributed by atoms with Crippen LogP contribution in [-0.2, 0) is 6.42 Å². The summed E-state index contributed by atoms with van der Waals surface area (Å²) in [5, 5.41) is 7.84. The Kier molecular flexibility index (Phi) is 5.91. The molecule has 0 saturated carbocycles. The van der Waals surface area contributed by atoms with Crippen molar-refractivity contribution in [1.82, 2.24) is 25.1 Å². The predicted octanol–water partition coefficient (Wildman–Crippen LogP) is 2.88. The molecular formula is C16H24ClN5. The van der Waals surface area contributed by atoms with Gasteiger partial charge in [-0.2, -0.15) is 5.10 Å². The Morgan fingerprint density at radius 3 is 2.64 bits per heavy atom. The third-order valence-electron chi connectivity index (χ3n) is 4.12. The molecule has 3 heterocycles. The lowest BCUT2D eigenvalue weighted by molar-refractivity contribution is 0.370. The van der Waals surface area contributed by atoms with E-state index >= 15 is 0 Å². The van der Waals surface area contributed by atoms with Crippen LogP contribution in [0, 0.1) is 5.92 Å². The zero-order chi connectivity index (χ0) is 14.7. The van der Waals surface area contributed by atoms with Gasteiger partial charge in [0.2, 0.25) is 0 Å². The van der Waals surface area contributed by atoms with Gasteiger partial charge in [0, 0.05) is 24.6 Å². The number of rotatable bonds is 4. The Hall–Kier alpha value is -1.46. The van der Waals surface area contributed by atoms with Gasteiger partial charge in [-0.15, -0.1) is 12.4 Å². The Morgan fingerprint density at radius 1 is 1.18 bits per heavy atom. The van der Waals surface area contributed by atoms with E-state index in [1.54, 1.807) is 12.4 Å². The van der Waals surface area contributed by atoms with Crippen molar-refractivity contribution in [2.24, 2.45) is 5.92 Å². The van der Waals surface area contributed by atoms with Crippen LogP contribution in [0.25, 0.3) is 11.4 Å². The topological polar surface area (TPSA) is 55.6 Å². The summed E-state index contributed by atoms with van der Waals surface area (Å²) in [5.74, 6) is 0.706. The zero-order valence-corrected chi connectivity index (χ0v) is 14.0. The fourth-order valence-electron chi connectivity index (χ4n) is 3.00. The maximum Gasteiger partial charge on any atom is 0.110 e. The Labute approximate surface area is 138 Å². The summed E-state index contributed by atoms with van der Waals surface area (Å²) in [5.41, 5.74) is 3.16. The zero-order valence-electron chi connectivity index (χ0n) is 13.2. The number of aromatic nitrogens is 4. The average Bonchev–Trinajstić information content (AvgIpc) is 2.98. The van der Waals surface area contributed by atoms with Crippen molar-refractivity contribution in [2.75, 3.05) is 13.1 Å². The van der Waals surface area contributed by atoms with Crippen molar-refractivity contribution >= 4 is 12.4 Å². The molecule has 0 bridgehead atoms. The summed E-state index contributed by atoms with van der Waals surface area (Å²) in [6, 6.07) is 2.36. The summed E-state index contributed by atoms with van der Waals surface area (Å²) in [7, 11) is 0. The SMILES string of the molecule is CC(C)n1nccc1-c1nccnc1CC1CCNCC1.Cl. The molecule has 0 aliphatic carbocycles. The average molecular weight is 322 g/mol. The third kappa shape index (κ3) is 3.65. The molecule has 0 atom stereocenters. The van der Waals surface area contributed by atoms with Gasteiger partial charge in [-0.25, -0.2) is 0 Å². The van der Waals surface area contributed by atoms with E-state index < -0.39 is 0 Å². The molecule has 1 N–H and O–H groups in total. The van der Waals surface area contributed by atoms with Gasteiger partial charge < -0.3 is 5.32 Å². The highest BCUT2D eigenvalue weighted by Crippen LogP contribution is 2.26. The Morgan fingerprint density at radius 2 is 1.91 bits per heavy atom. The number of halogens is 1. The summed E-state index contributed by atoms with van der Waals surface area (Å²) >= 11 is 0. The third-order valence-corrected chi connectivity index (χ3v) is 4.12. The summed E-state index contributed by atoms with van der Waals surface area (Å²) in [4.78, 5) is 9.20. The fraction of sp³-hybridized carbons (Fsp3) is 0.562. The largest absolute Gasteiger partial charge is 0.317 e. The molecule has 2 aromatic rings. The Bertz CT molecular complexity index is 590. The lowest BCUT2D eigenvalue weighted by Crippen LogP contribution is -2.29. The van der Waals surface area contributed by atoms with Crippen molar-refractivity contribution in [3.63, 3.8) is 0 Å². The smallest absolute Gasteiger partial charge is 0.110 e. The maximum atomic E-state index is 4.61. The molecule has 0 amide bonds. The molecule has 1 aliphatic heterocycles. The highest BCUT2D eigenvalue weighted by Gasteiger charge is 2.19. The molecule has 22 heavy (non-hydrogen) atoms. The number of nitrogens with zero attached hydrogens (tertiary/aromatic N) is 4. The first kappa shape index (κ1) is 16.9. The van der Waals surface area contributed by atoms with E-state index in [-0.39, 0.29) is 12.4 Å². The van der Waals surface area contributed by atoms with E-state index in [2.05, 4.69) is 34.2 Å². The minimum atomic E-state index is 0. The standard InChI is InChI=1S/C16H23N5.ClH/c1-12(2)21-15(5-8-20-21)16-14(18-9-10-19-16)11-13-3-6-17-7-4-13;/h5,8-10,12-13,17H,3-4,6-7,11H2,1-2H3;1H. The van der Waals surface area contributed by atoms with Crippen LogP contribution >= 0.6 is 12.4 Å². The molecule has 1 aliphatic rings. The van der Waals surface area contributed by atoms with Crippen LogP contribution in [-0.4, -0.2) is 32.8 Å². The van der Waals surface area contributed by atoms with E-state index in [1.807, 2.05) is 16.9 Å². The van der Waals surface area contributed by atoms with Gasteiger partial charge in [0.05, 0.1) is 11.4 Å². The molecule has 0 aromatic carbocycles. The van der Waals surface area contributed by atoms with Crippen LogP contribution in [0.15, 0.2) is 24.7 Å². The first-order chi connectivity index (χ1) is 10.3. The van der Waals surface area contributed by atoms with Crippen LogP contribution < -0.4 is 5.32 Å². The van der Waals surface area contributed by atoms with Gasteiger partial charge in [-0.1, -0.05) is 0 Å². The van der Waals surface area contributed by atoms with Crippen molar-refractivity contribution in [3.05, 3.63) is 30.4 Å². The van der Waals surface area contributed by atoms with Crippen molar-refractivity contribution in [1.29, 1.82) is 0 Å². The summed E-state index contributed by atoms with van der Waals surface area (Å²) < 4.78 is 2.02. The van der Waals surface area contributed by atoms with E-state index in [0.29, 0.717) is 12.0 Å². The minimum Gasteiger partial charge on any atom is -0.317 e. The Balaban J connectivity index is 0.00000176. The number of piperidine rings is 1. The maximum absolute atomic E-state index is 4.61. The van der Waals surface area contributed by atoms with Crippen LogP contribution in [0.5, 0.6) is 0 Å². The second-order valence-electron chi connectivity index (χ2n) is 6.00. The van der Waals surface area contributed by atoms with Gasteiger partial charge in [-0.3, -0.25) is 14.6 Å². The number of hydrogen-bond donors (Lipinski definition) is 1. The highest BCUT2D eigenvalue weighted by molar-refractivity contribution is 5.85. The molecule has 0 spiro atoms. The normalized spacial score (nSPS) is 15.8. The second-order valence-corrected chi connectivity index (χ2v) is 6.00. The lowest BCUT2D eigenvalue weighted by atomic mass is 9.92. The van der Waals surface area contributed by atoms with Gasteiger partial charge in [0.25, 0.3) is 0 Å². The van der Waals surface area contributed by atoms with E-state index in [9.17, 15) is 0 Å².